The molecule has 2 aromatic heterocycles. The Hall–Kier alpha value is -1.65. The van der Waals surface area contributed by atoms with Crippen molar-refractivity contribution in [2.75, 3.05) is 5.32 Å². The van der Waals surface area contributed by atoms with E-state index >= 15 is 0 Å². The molecule has 1 saturated carbocycles. The van der Waals surface area contributed by atoms with Gasteiger partial charge in [-0.3, -0.25) is 5.10 Å². The number of aromatic nitrogens is 3. The van der Waals surface area contributed by atoms with Gasteiger partial charge in [-0.1, -0.05) is 23.2 Å². The first-order chi connectivity index (χ1) is 10.2. The topological polar surface area (TPSA) is 56.5 Å². The predicted octanol–water partition coefficient (Wildman–Crippen LogP) is 4.83. The first kappa shape index (κ1) is 13.0. The molecule has 0 unspecified atom stereocenters. The van der Waals surface area contributed by atoms with Crippen LogP contribution in [0.4, 0.5) is 5.69 Å². The maximum atomic E-state index is 6.34. The Morgan fingerprint density at radius 3 is 2.76 bits per heavy atom. The number of fused-ring (bicyclic) bond motifs is 1. The molecule has 2 heterocycles. The smallest absolute Gasteiger partial charge is 0.0834 e. The molecule has 3 N–H and O–H groups in total. The van der Waals surface area contributed by atoms with Gasteiger partial charge in [-0.05, 0) is 25.3 Å². The quantitative estimate of drug-likeness (QED) is 0.647. The highest BCUT2D eigenvalue weighted by molar-refractivity contribution is 6.46. The number of nitrogens with zero attached hydrogens (tertiary/aromatic N) is 1. The molecule has 21 heavy (non-hydrogen) atoms. The molecule has 0 radical (unpaired) electrons. The van der Waals surface area contributed by atoms with Crippen molar-refractivity contribution in [2.24, 2.45) is 0 Å². The third-order valence-corrected chi connectivity index (χ3v) is 4.91. The van der Waals surface area contributed by atoms with Gasteiger partial charge in [0.15, 0.2) is 0 Å². The van der Waals surface area contributed by atoms with Crippen molar-refractivity contribution >= 4 is 39.8 Å². The van der Waals surface area contributed by atoms with Crippen molar-refractivity contribution in [2.45, 2.75) is 25.3 Å². The van der Waals surface area contributed by atoms with Crippen LogP contribution < -0.4 is 5.32 Å². The van der Waals surface area contributed by atoms with Crippen LogP contribution in [0.1, 0.15) is 19.3 Å². The normalized spacial score (nSPS) is 15.3. The van der Waals surface area contributed by atoms with Crippen LogP contribution in [0.3, 0.4) is 0 Å². The highest BCUT2D eigenvalue weighted by Gasteiger charge is 2.21. The minimum Gasteiger partial charge on any atom is -0.382 e. The summed E-state index contributed by atoms with van der Waals surface area (Å²) in [5, 5.41) is 12.6. The van der Waals surface area contributed by atoms with Gasteiger partial charge >= 0.3 is 0 Å². The summed E-state index contributed by atoms with van der Waals surface area (Å²) in [6.45, 7) is 0. The zero-order valence-corrected chi connectivity index (χ0v) is 12.7. The Labute approximate surface area is 131 Å². The average Bonchev–Trinajstić information content (AvgIpc) is 3.06. The molecular formula is C15H14Cl2N4. The Morgan fingerprint density at radius 2 is 2.10 bits per heavy atom. The number of aromatic amines is 2. The van der Waals surface area contributed by atoms with Gasteiger partial charge in [0.05, 0.1) is 21.8 Å². The number of rotatable bonds is 3. The van der Waals surface area contributed by atoms with Crippen molar-refractivity contribution in [1.82, 2.24) is 15.2 Å². The van der Waals surface area contributed by atoms with E-state index in [0.29, 0.717) is 16.1 Å². The van der Waals surface area contributed by atoms with E-state index in [0.717, 1.165) is 27.7 Å². The van der Waals surface area contributed by atoms with Crippen LogP contribution in [0, 0.1) is 0 Å². The summed E-state index contributed by atoms with van der Waals surface area (Å²) < 4.78 is 0. The molecule has 4 rings (SSSR count). The Balaban J connectivity index is 1.93. The van der Waals surface area contributed by atoms with Gasteiger partial charge in [0.2, 0.25) is 0 Å². The molecule has 1 fully saturated rings. The van der Waals surface area contributed by atoms with Crippen LogP contribution in [0.2, 0.25) is 10.0 Å². The zero-order valence-electron chi connectivity index (χ0n) is 11.2. The largest absolute Gasteiger partial charge is 0.382 e. The maximum Gasteiger partial charge on any atom is 0.0834 e. The molecule has 108 valence electrons. The third kappa shape index (κ3) is 2.10. The van der Waals surface area contributed by atoms with Gasteiger partial charge in [-0.2, -0.15) is 5.10 Å². The summed E-state index contributed by atoms with van der Waals surface area (Å²) in [4.78, 5) is 3.24. The molecule has 1 aliphatic rings. The highest BCUT2D eigenvalue weighted by Crippen LogP contribution is 2.42. The molecule has 0 spiro atoms. The number of hydrogen-bond donors (Lipinski definition) is 3. The second-order valence-corrected chi connectivity index (χ2v) is 6.22. The van der Waals surface area contributed by atoms with Gasteiger partial charge in [0.1, 0.15) is 0 Å². The maximum absolute atomic E-state index is 6.34. The number of H-pyrrole nitrogens is 2. The Bertz CT molecular complexity index is 788. The molecule has 1 aliphatic carbocycles. The van der Waals surface area contributed by atoms with Crippen molar-refractivity contribution < 1.29 is 0 Å². The summed E-state index contributed by atoms with van der Waals surface area (Å²) in [5.41, 5.74) is 3.99. The number of nitrogens with one attached hydrogen (secondary N) is 3. The number of halogens is 2. The van der Waals surface area contributed by atoms with E-state index in [1.165, 1.54) is 19.3 Å². The van der Waals surface area contributed by atoms with Crippen LogP contribution >= 0.6 is 23.2 Å². The van der Waals surface area contributed by atoms with E-state index in [1.807, 2.05) is 18.5 Å². The Kier molecular flexibility index (Phi) is 3.08. The standard InChI is InChI=1S/C15H14Cl2N4/c16-11-4-12(21-9-2-1-3-9)13-10(8-5-19-20-6-8)7-18-15(13)14(11)17/h4-7,9,18,21H,1-3H2,(H,19,20). The minimum atomic E-state index is 0.526. The molecule has 0 atom stereocenters. The molecule has 0 saturated heterocycles. The highest BCUT2D eigenvalue weighted by atomic mass is 35.5. The predicted molar refractivity (Wildman–Crippen MR) is 87.2 cm³/mol. The lowest BCUT2D eigenvalue weighted by molar-refractivity contribution is 0.446. The zero-order chi connectivity index (χ0) is 14.4. The van der Waals surface area contributed by atoms with E-state index < -0.39 is 0 Å². The minimum absolute atomic E-state index is 0.526. The van der Waals surface area contributed by atoms with Crippen molar-refractivity contribution in [3.8, 4) is 11.1 Å². The van der Waals surface area contributed by atoms with Gasteiger partial charge in [0.25, 0.3) is 0 Å². The average molecular weight is 321 g/mol. The molecule has 1 aromatic carbocycles. The van der Waals surface area contributed by atoms with E-state index in [9.17, 15) is 0 Å². The fourth-order valence-electron chi connectivity index (χ4n) is 2.77. The SMILES string of the molecule is Clc1cc(NC2CCC2)c2c(-c3cn[nH]c3)c[nH]c2c1Cl. The lowest BCUT2D eigenvalue weighted by Gasteiger charge is -2.28. The molecule has 0 aliphatic heterocycles. The monoisotopic (exact) mass is 320 g/mol. The van der Waals surface area contributed by atoms with Gasteiger partial charge in [-0.15, -0.1) is 0 Å². The van der Waals surface area contributed by atoms with Crippen LogP contribution in [0.5, 0.6) is 0 Å². The molecule has 4 nitrogen and oxygen atoms in total. The van der Waals surface area contributed by atoms with Crippen LogP contribution in [-0.2, 0) is 0 Å². The summed E-state index contributed by atoms with van der Waals surface area (Å²) in [6.07, 6.45) is 9.31. The number of hydrogen-bond acceptors (Lipinski definition) is 2. The summed E-state index contributed by atoms with van der Waals surface area (Å²) in [7, 11) is 0. The van der Waals surface area contributed by atoms with Crippen LogP contribution in [0.25, 0.3) is 22.0 Å². The summed E-state index contributed by atoms with van der Waals surface area (Å²) in [6, 6.07) is 2.44. The Morgan fingerprint density at radius 1 is 1.24 bits per heavy atom. The molecular weight excluding hydrogens is 307 g/mol. The van der Waals surface area contributed by atoms with E-state index in [-0.39, 0.29) is 0 Å². The van der Waals surface area contributed by atoms with Crippen molar-refractivity contribution in [3.63, 3.8) is 0 Å². The summed E-state index contributed by atoms with van der Waals surface area (Å²) >= 11 is 12.6. The van der Waals surface area contributed by atoms with Gasteiger partial charge in [0, 0.05) is 40.6 Å². The van der Waals surface area contributed by atoms with E-state index in [4.69, 9.17) is 23.2 Å². The lowest BCUT2D eigenvalue weighted by atomic mass is 9.92. The molecule has 0 bridgehead atoms. The first-order valence-electron chi connectivity index (χ1n) is 6.99. The molecule has 3 aromatic rings. The summed E-state index contributed by atoms with van der Waals surface area (Å²) in [5.74, 6) is 0. The third-order valence-electron chi connectivity index (χ3n) is 4.12. The lowest BCUT2D eigenvalue weighted by Crippen LogP contribution is -2.27. The number of benzene rings is 1. The number of anilines is 1. The van der Waals surface area contributed by atoms with Crippen molar-refractivity contribution in [1.29, 1.82) is 0 Å². The fraction of sp³-hybridized carbons (Fsp3) is 0.267. The van der Waals surface area contributed by atoms with Crippen LogP contribution in [0.15, 0.2) is 24.7 Å². The van der Waals surface area contributed by atoms with E-state index in [2.05, 4.69) is 20.5 Å². The fourth-order valence-corrected chi connectivity index (χ4v) is 3.18. The van der Waals surface area contributed by atoms with Gasteiger partial charge in [-0.25, -0.2) is 0 Å². The molecule has 6 heteroatoms. The van der Waals surface area contributed by atoms with Crippen LogP contribution in [-0.4, -0.2) is 21.2 Å². The van der Waals surface area contributed by atoms with Gasteiger partial charge < -0.3 is 10.3 Å². The first-order valence-corrected chi connectivity index (χ1v) is 7.74. The second-order valence-electron chi connectivity index (χ2n) is 5.43. The second kappa shape index (κ2) is 4.97. The molecule has 0 amide bonds. The van der Waals surface area contributed by atoms with Crippen molar-refractivity contribution in [3.05, 3.63) is 34.7 Å². The van der Waals surface area contributed by atoms with E-state index in [1.54, 1.807) is 6.20 Å².